The van der Waals surface area contributed by atoms with E-state index in [1.807, 2.05) is 6.92 Å². The molecule has 22 heteroatoms. The van der Waals surface area contributed by atoms with Crippen molar-refractivity contribution in [1.29, 1.82) is 0 Å². The van der Waals surface area contributed by atoms with Gasteiger partial charge in [0.25, 0.3) is 0 Å². The number of hydrogen-bond acceptors (Lipinski definition) is 15. The zero-order valence-electron chi connectivity index (χ0n) is 58.5. The van der Waals surface area contributed by atoms with Crippen molar-refractivity contribution >= 4 is 59.1 Å². The van der Waals surface area contributed by atoms with Gasteiger partial charge in [-0.25, -0.2) is 19.2 Å². The van der Waals surface area contributed by atoms with Gasteiger partial charge in [0.2, 0.25) is 23.6 Å². The summed E-state index contributed by atoms with van der Waals surface area (Å²) in [4.78, 5) is 125. The van der Waals surface area contributed by atoms with Crippen molar-refractivity contribution in [1.82, 2.24) is 10.6 Å². The molecule has 2 aromatic carbocycles. The van der Waals surface area contributed by atoms with E-state index in [9.17, 15) is 73.5 Å². The molecule has 0 saturated carbocycles. The van der Waals surface area contributed by atoms with E-state index < -0.39 is 101 Å². The number of carboxylic acids is 3. The van der Waals surface area contributed by atoms with Crippen LogP contribution in [0.3, 0.4) is 0 Å². The molecule has 0 unspecified atom stereocenters. The Kier molecular flexibility index (Phi) is 44.3. The number of nitrogens with one attached hydrogen (secondary N) is 2. The number of amides is 4. The Morgan fingerprint density at radius 2 is 0.781 bits per heavy atom. The molecule has 0 bridgehead atoms. The summed E-state index contributed by atoms with van der Waals surface area (Å²) >= 11 is 0. The topological polar surface area (TPSA) is 376 Å². The predicted molar refractivity (Wildman–Crippen MR) is 369 cm³/mol. The van der Waals surface area contributed by atoms with Crippen molar-refractivity contribution in [2.75, 3.05) is 13.2 Å². The quantitative estimate of drug-likeness (QED) is 0.0169. The predicted octanol–water partition coefficient (Wildman–Crippen LogP) is 11.5. The molecule has 11 N–H and O–H groups in total. The molecule has 2 aromatic rings. The minimum atomic E-state index is -2.89. The molecule has 96 heavy (non-hydrogen) atoms. The number of rotatable bonds is 54. The maximum atomic E-state index is 13.7. The molecular formula is C74H116N4O18. The molecule has 0 radical (unpaired) electrons. The van der Waals surface area contributed by atoms with Crippen molar-refractivity contribution in [3.05, 3.63) is 84.0 Å². The average molecular weight is 1350 g/mol. The number of ketones is 2. The third-order valence-electron chi connectivity index (χ3n) is 16.0. The van der Waals surface area contributed by atoms with Gasteiger partial charge in [-0.15, -0.1) is 0 Å². The van der Waals surface area contributed by atoms with Crippen LogP contribution in [0, 0.1) is 11.8 Å². The van der Waals surface area contributed by atoms with Crippen molar-refractivity contribution in [3.8, 4) is 11.5 Å². The van der Waals surface area contributed by atoms with Crippen LogP contribution in [0.15, 0.2) is 72.8 Å². The molecule has 0 fully saturated rings. The summed E-state index contributed by atoms with van der Waals surface area (Å²) in [5, 5.41) is 57.0. The standard InChI is InChI=1S/C39H62N2O9.C35H54N2O9/c1-6-8-10-13-16-19-30(42)20-17-14-11-12-15-18-21-32(39(48,28-34(40)43)37(47)50-38(3,4)5)35(44)41-33(36(45)46)27-29-22-24-31(25-23-29)49-26-9-7-2;1-3-5-7-10-13-16-27(38)17-14-11-8-9-12-15-18-29(35(45,34(43)44)25-31(36)39)32(40)37-30(33(41)42)24-26-19-21-28(22-20-26)46-23-6-4-2/h18,21-25,32-33,48H,6-17,19-20,26-28H2,1-5H3,(H2,40,43)(H,41,44)(H,45,46);15,18-22,29-30,45H,3-14,16-17,23-25H2,1-2H3,(H2,36,39)(H,37,40)(H,41,42)(H,43,44)/b21-18+;18-15+/t32-,33+,39+;29-,30+,35+/m11/s1. The molecule has 0 spiro atoms. The van der Waals surface area contributed by atoms with Crippen molar-refractivity contribution < 1.29 is 87.7 Å². The summed E-state index contributed by atoms with van der Waals surface area (Å²) < 4.78 is 16.7. The lowest BCUT2D eigenvalue weighted by atomic mass is 9.82. The van der Waals surface area contributed by atoms with Gasteiger partial charge in [0, 0.05) is 38.5 Å². The molecule has 540 valence electrons. The van der Waals surface area contributed by atoms with Crippen LogP contribution in [0.1, 0.15) is 252 Å². The maximum Gasteiger partial charge on any atom is 0.340 e. The first-order valence-electron chi connectivity index (χ1n) is 34.9. The van der Waals surface area contributed by atoms with Crippen LogP contribution < -0.4 is 31.6 Å². The van der Waals surface area contributed by atoms with E-state index >= 15 is 0 Å². The smallest absolute Gasteiger partial charge is 0.340 e. The summed E-state index contributed by atoms with van der Waals surface area (Å²) in [5.74, 6) is -11.6. The normalized spacial score (nSPS) is 14.0. The highest BCUT2D eigenvalue weighted by Crippen LogP contribution is 2.30. The molecule has 0 aliphatic carbocycles. The van der Waals surface area contributed by atoms with E-state index in [4.69, 9.17) is 25.7 Å². The number of ether oxygens (including phenoxy) is 3. The lowest BCUT2D eigenvalue weighted by molar-refractivity contribution is -0.185. The summed E-state index contributed by atoms with van der Waals surface area (Å²) in [6, 6.07) is 10.7. The fraction of sp³-hybridized carbons (Fsp3) is 0.649. The maximum absolute atomic E-state index is 13.7. The van der Waals surface area contributed by atoms with Gasteiger partial charge in [-0.05, 0) is 120 Å². The number of aliphatic carboxylic acids is 3. The average Bonchev–Trinajstić information content (AvgIpc) is 0.804. The number of Topliss-reactive ketones (excluding diaryl/α,β-unsaturated/α-hetero) is 2. The van der Waals surface area contributed by atoms with Crippen molar-refractivity contribution in [3.63, 3.8) is 0 Å². The second-order valence-corrected chi connectivity index (χ2v) is 26.0. The number of aliphatic hydroxyl groups is 2. The first-order chi connectivity index (χ1) is 45.6. The van der Waals surface area contributed by atoms with E-state index in [0.29, 0.717) is 93.0 Å². The van der Waals surface area contributed by atoms with E-state index in [1.54, 1.807) is 75.4 Å². The number of benzene rings is 2. The van der Waals surface area contributed by atoms with Crippen LogP contribution in [0.5, 0.6) is 11.5 Å². The Hall–Kier alpha value is -7.46. The molecule has 0 aliphatic heterocycles. The highest BCUT2D eigenvalue weighted by Gasteiger charge is 2.51. The molecule has 6 atom stereocenters. The van der Waals surface area contributed by atoms with Crippen molar-refractivity contribution in [2.45, 2.75) is 283 Å². The first-order valence-corrected chi connectivity index (χ1v) is 34.9. The summed E-state index contributed by atoms with van der Waals surface area (Å²) in [6.07, 6.45) is 28.0. The van der Waals surface area contributed by atoms with E-state index in [0.717, 1.165) is 96.3 Å². The Labute approximate surface area is 569 Å². The highest BCUT2D eigenvalue weighted by molar-refractivity contribution is 5.97. The van der Waals surface area contributed by atoms with Gasteiger partial charge in [0.05, 0.1) is 37.9 Å². The number of primary amides is 2. The fourth-order valence-corrected chi connectivity index (χ4v) is 10.4. The third-order valence-corrected chi connectivity index (χ3v) is 16.0. The number of unbranched alkanes of at least 4 members (excludes halogenated alkanes) is 18. The number of carbonyl (C=O) groups is 10. The Balaban J connectivity index is 0.000000963. The van der Waals surface area contributed by atoms with Gasteiger partial charge in [0.15, 0.2) is 11.2 Å². The Morgan fingerprint density at radius 1 is 0.458 bits per heavy atom. The SMILES string of the molecule is CCCCCCCC(=O)CCCCCC/C=C/[C@H](C(=O)N[C@@H](Cc1ccc(OCCCC)cc1)C(=O)O)[C@@](O)(CC(N)=O)C(=O)O.CCCCCCCC(=O)CCCCCC/C=C/[C@H](C(=O)N[C@@H](Cc1ccc(OCCCC)cc1)C(=O)O)[C@@](O)(CC(N)=O)C(=O)OC(C)(C)C. The number of nitrogens with two attached hydrogens (primary N) is 2. The monoisotopic (exact) mass is 1350 g/mol. The number of carbonyl (C=O) groups excluding carboxylic acids is 7. The van der Waals surface area contributed by atoms with Crippen LogP contribution >= 0.6 is 0 Å². The summed E-state index contributed by atoms with van der Waals surface area (Å²) in [6.45, 7) is 14.2. The van der Waals surface area contributed by atoms with E-state index in [1.165, 1.54) is 50.3 Å². The van der Waals surface area contributed by atoms with E-state index in [-0.39, 0.29) is 18.6 Å². The van der Waals surface area contributed by atoms with Gasteiger partial charge >= 0.3 is 23.9 Å². The number of allylic oxidation sites excluding steroid dienone is 2. The fourth-order valence-electron chi connectivity index (χ4n) is 10.4. The molecule has 0 aromatic heterocycles. The second kappa shape index (κ2) is 49.1. The molecule has 2 rings (SSSR count). The largest absolute Gasteiger partial charge is 0.494 e. The van der Waals surface area contributed by atoms with Crippen LogP contribution in [-0.2, 0) is 65.5 Å². The van der Waals surface area contributed by atoms with Crippen LogP contribution in [-0.4, -0.2) is 127 Å². The van der Waals surface area contributed by atoms with Gasteiger partial charge in [-0.1, -0.05) is 166 Å². The third kappa shape index (κ3) is 37.7. The van der Waals surface area contributed by atoms with E-state index in [2.05, 4.69) is 31.4 Å². The lowest BCUT2D eigenvalue weighted by Crippen LogP contribution is -2.57. The molecule has 4 amide bonds. The zero-order valence-corrected chi connectivity index (χ0v) is 58.5. The lowest BCUT2D eigenvalue weighted by Gasteiger charge is -2.34. The Bertz CT molecular complexity index is 2710. The van der Waals surface area contributed by atoms with Crippen LogP contribution in [0.25, 0.3) is 0 Å². The first kappa shape index (κ1) is 86.6. The van der Waals surface area contributed by atoms with Gasteiger partial charge in [-0.3, -0.25) is 28.8 Å². The summed E-state index contributed by atoms with van der Waals surface area (Å²) in [7, 11) is 0. The minimum absolute atomic E-state index is 0.0885. The number of esters is 1. The number of hydrogen-bond donors (Lipinski definition) is 9. The van der Waals surface area contributed by atoms with Gasteiger partial charge in [0.1, 0.15) is 40.8 Å². The van der Waals surface area contributed by atoms with Crippen LogP contribution in [0.2, 0.25) is 0 Å². The highest BCUT2D eigenvalue weighted by atomic mass is 16.6. The molecule has 22 nitrogen and oxygen atoms in total. The molecular weight excluding hydrogens is 1230 g/mol. The summed E-state index contributed by atoms with van der Waals surface area (Å²) in [5.41, 5.74) is 5.16. The minimum Gasteiger partial charge on any atom is -0.494 e. The number of carboxylic acid groups (broad SMARTS) is 3. The molecule has 0 aliphatic rings. The van der Waals surface area contributed by atoms with Crippen molar-refractivity contribution in [2.24, 2.45) is 23.3 Å². The second-order valence-electron chi connectivity index (χ2n) is 26.0. The van der Waals surface area contributed by atoms with Crippen LogP contribution in [0.4, 0.5) is 0 Å². The molecule has 0 saturated heterocycles. The van der Waals surface area contributed by atoms with Gasteiger partial charge < -0.3 is 61.8 Å². The molecule has 0 heterocycles. The zero-order chi connectivity index (χ0) is 72.0. The van der Waals surface area contributed by atoms with Gasteiger partial charge in [-0.2, -0.15) is 0 Å². The Morgan fingerprint density at radius 3 is 1.09 bits per heavy atom.